The van der Waals surface area contributed by atoms with Crippen LogP contribution in [0.15, 0.2) is 0 Å². The number of nitrogens with zero attached hydrogens (tertiary/aromatic N) is 2. The minimum atomic E-state index is 0.559. The molecule has 2 rings (SSSR count). The summed E-state index contributed by atoms with van der Waals surface area (Å²) < 4.78 is 5.63. The molecule has 4 unspecified atom stereocenters. The molecule has 0 amide bonds. The van der Waals surface area contributed by atoms with Crippen LogP contribution in [0.1, 0.15) is 13.8 Å². The lowest BCUT2D eigenvalue weighted by Gasteiger charge is -2.25. The van der Waals surface area contributed by atoms with E-state index in [0.717, 1.165) is 25.7 Å². The fourth-order valence-corrected chi connectivity index (χ4v) is 3.47. The molecule has 2 heterocycles. The van der Waals surface area contributed by atoms with Gasteiger partial charge in [-0.1, -0.05) is 13.8 Å². The Hall–Kier alpha value is -0.160. The Morgan fingerprint density at radius 1 is 1.28 bits per heavy atom. The van der Waals surface area contributed by atoms with Gasteiger partial charge in [0.05, 0.1) is 13.2 Å². The summed E-state index contributed by atoms with van der Waals surface area (Å²) in [7, 11) is 4.40. The lowest BCUT2D eigenvalue weighted by molar-refractivity contribution is 0.171. The number of hydrogen-bond donors (Lipinski definition) is 1. The second-order valence-electron chi connectivity index (χ2n) is 6.19. The molecule has 0 spiro atoms. The van der Waals surface area contributed by atoms with E-state index in [1.54, 1.807) is 0 Å². The Morgan fingerprint density at radius 3 is 2.67 bits per heavy atom. The van der Waals surface area contributed by atoms with Crippen LogP contribution >= 0.6 is 0 Å². The smallest absolute Gasteiger partial charge is 0.0623 e. The Bertz CT molecular complexity index is 259. The largest absolute Gasteiger partial charge is 0.379 e. The summed E-state index contributed by atoms with van der Waals surface area (Å²) in [6.45, 7) is 11.0. The second-order valence-corrected chi connectivity index (χ2v) is 6.19. The van der Waals surface area contributed by atoms with Crippen LogP contribution in [-0.2, 0) is 4.74 Å². The third kappa shape index (κ3) is 3.23. The number of ether oxygens (including phenoxy) is 1. The van der Waals surface area contributed by atoms with Crippen molar-refractivity contribution in [2.24, 2.45) is 11.8 Å². The van der Waals surface area contributed by atoms with Crippen LogP contribution in [-0.4, -0.2) is 75.4 Å². The van der Waals surface area contributed by atoms with Crippen molar-refractivity contribution in [3.05, 3.63) is 0 Å². The van der Waals surface area contributed by atoms with Crippen LogP contribution < -0.4 is 5.32 Å². The monoisotopic (exact) mass is 255 g/mol. The number of likely N-dealkylation sites (tertiary alicyclic amines) is 1. The molecule has 4 heteroatoms. The highest BCUT2D eigenvalue weighted by atomic mass is 16.5. The van der Waals surface area contributed by atoms with E-state index in [9.17, 15) is 0 Å². The highest BCUT2D eigenvalue weighted by molar-refractivity contribution is 4.90. The zero-order valence-corrected chi connectivity index (χ0v) is 12.4. The molecule has 2 saturated heterocycles. The van der Waals surface area contributed by atoms with Crippen molar-refractivity contribution < 1.29 is 4.74 Å². The molecule has 0 saturated carbocycles. The standard InChI is InChI=1S/C14H29N3O/c1-5-15-13-10-18-9-12(13)7-17-6-11(2)14(8-17)16(3)4/h11-15H,5-10H2,1-4H3. The van der Waals surface area contributed by atoms with Crippen molar-refractivity contribution in [2.45, 2.75) is 25.9 Å². The van der Waals surface area contributed by atoms with Crippen LogP contribution in [0, 0.1) is 11.8 Å². The number of nitrogens with one attached hydrogen (secondary N) is 1. The predicted molar refractivity (Wildman–Crippen MR) is 74.9 cm³/mol. The molecule has 2 fully saturated rings. The molecule has 2 aliphatic heterocycles. The van der Waals surface area contributed by atoms with E-state index in [4.69, 9.17) is 4.74 Å². The third-order valence-corrected chi connectivity index (χ3v) is 4.47. The molecule has 4 nitrogen and oxygen atoms in total. The molecular weight excluding hydrogens is 226 g/mol. The van der Waals surface area contributed by atoms with Crippen LogP contribution in [0.3, 0.4) is 0 Å². The van der Waals surface area contributed by atoms with E-state index in [1.165, 1.54) is 19.6 Å². The van der Waals surface area contributed by atoms with Crippen LogP contribution in [0.25, 0.3) is 0 Å². The lowest BCUT2D eigenvalue weighted by atomic mass is 10.0. The first-order chi connectivity index (χ1) is 8.61. The molecule has 106 valence electrons. The minimum absolute atomic E-state index is 0.559. The first kappa shape index (κ1) is 14.3. The van der Waals surface area contributed by atoms with Crippen molar-refractivity contribution in [1.82, 2.24) is 15.1 Å². The van der Waals surface area contributed by atoms with Crippen molar-refractivity contribution >= 4 is 0 Å². The van der Waals surface area contributed by atoms with Gasteiger partial charge in [0.15, 0.2) is 0 Å². The topological polar surface area (TPSA) is 27.7 Å². The minimum Gasteiger partial charge on any atom is -0.379 e. The van der Waals surface area contributed by atoms with E-state index >= 15 is 0 Å². The van der Waals surface area contributed by atoms with Gasteiger partial charge in [-0.2, -0.15) is 0 Å². The SMILES string of the molecule is CCNC1COCC1CN1CC(C)C(N(C)C)C1. The van der Waals surface area contributed by atoms with Crippen molar-refractivity contribution in [3.8, 4) is 0 Å². The molecular formula is C14H29N3O. The van der Waals surface area contributed by atoms with Crippen molar-refractivity contribution in [3.63, 3.8) is 0 Å². The Kier molecular flexibility index (Phi) is 5.01. The summed E-state index contributed by atoms with van der Waals surface area (Å²) >= 11 is 0. The molecule has 0 aliphatic carbocycles. The van der Waals surface area contributed by atoms with Crippen LogP contribution in [0.2, 0.25) is 0 Å². The maximum atomic E-state index is 5.63. The summed E-state index contributed by atoms with van der Waals surface area (Å²) in [5.74, 6) is 1.44. The van der Waals surface area contributed by atoms with Gasteiger partial charge in [-0.15, -0.1) is 0 Å². The van der Waals surface area contributed by atoms with Gasteiger partial charge in [0.25, 0.3) is 0 Å². The molecule has 4 atom stereocenters. The van der Waals surface area contributed by atoms with Gasteiger partial charge in [0.2, 0.25) is 0 Å². The highest BCUT2D eigenvalue weighted by Gasteiger charge is 2.35. The second kappa shape index (κ2) is 6.33. The first-order valence-corrected chi connectivity index (χ1v) is 7.31. The zero-order chi connectivity index (χ0) is 13.1. The highest BCUT2D eigenvalue weighted by Crippen LogP contribution is 2.23. The van der Waals surface area contributed by atoms with E-state index in [2.05, 4.69) is 43.1 Å². The summed E-state index contributed by atoms with van der Waals surface area (Å²) in [6, 6.07) is 1.27. The maximum Gasteiger partial charge on any atom is 0.0623 e. The average Bonchev–Trinajstić information content (AvgIpc) is 2.87. The quantitative estimate of drug-likeness (QED) is 0.774. The normalized spacial score (nSPS) is 37.8. The van der Waals surface area contributed by atoms with E-state index in [-0.39, 0.29) is 0 Å². The van der Waals surface area contributed by atoms with Gasteiger partial charge in [0, 0.05) is 37.6 Å². The van der Waals surface area contributed by atoms with Gasteiger partial charge >= 0.3 is 0 Å². The fourth-order valence-electron chi connectivity index (χ4n) is 3.47. The summed E-state index contributed by atoms with van der Waals surface area (Å²) in [4.78, 5) is 5.00. The fraction of sp³-hybridized carbons (Fsp3) is 1.00. The van der Waals surface area contributed by atoms with Crippen LogP contribution in [0.5, 0.6) is 0 Å². The van der Waals surface area contributed by atoms with E-state index < -0.39 is 0 Å². The van der Waals surface area contributed by atoms with Crippen LogP contribution in [0.4, 0.5) is 0 Å². The van der Waals surface area contributed by atoms with Gasteiger partial charge < -0.3 is 19.9 Å². The molecule has 1 N–H and O–H groups in total. The van der Waals surface area contributed by atoms with Gasteiger partial charge in [-0.05, 0) is 26.6 Å². The van der Waals surface area contributed by atoms with Crippen molar-refractivity contribution in [1.29, 1.82) is 0 Å². The van der Waals surface area contributed by atoms with E-state index in [0.29, 0.717) is 18.0 Å². The van der Waals surface area contributed by atoms with Gasteiger partial charge in [-0.3, -0.25) is 0 Å². The number of rotatable bonds is 5. The Balaban J connectivity index is 1.83. The number of likely N-dealkylation sites (N-methyl/N-ethyl adjacent to an activating group) is 2. The van der Waals surface area contributed by atoms with E-state index in [1.807, 2.05) is 0 Å². The summed E-state index contributed by atoms with van der Waals surface area (Å²) in [5.41, 5.74) is 0. The number of hydrogen-bond acceptors (Lipinski definition) is 4. The average molecular weight is 255 g/mol. The molecule has 0 radical (unpaired) electrons. The molecule has 0 aromatic rings. The predicted octanol–water partition coefficient (Wildman–Crippen LogP) is 0.493. The van der Waals surface area contributed by atoms with Gasteiger partial charge in [-0.25, -0.2) is 0 Å². The molecule has 18 heavy (non-hydrogen) atoms. The molecule has 0 aromatic heterocycles. The molecule has 2 aliphatic rings. The summed E-state index contributed by atoms with van der Waals surface area (Å²) in [5, 5.41) is 3.55. The zero-order valence-electron chi connectivity index (χ0n) is 12.4. The maximum absolute atomic E-state index is 5.63. The Labute approximate surface area is 112 Å². The Morgan fingerprint density at radius 2 is 2.06 bits per heavy atom. The molecule has 0 aromatic carbocycles. The molecule has 0 bridgehead atoms. The first-order valence-electron chi connectivity index (χ1n) is 7.31. The third-order valence-electron chi connectivity index (χ3n) is 4.47. The summed E-state index contributed by atoms with van der Waals surface area (Å²) in [6.07, 6.45) is 0. The van der Waals surface area contributed by atoms with Gasteiger partial charge in [0.1, 0.15) is 0 Å². The van der Waals surface area contributed by atoms with Crippen molar-refractivity contribution in [2.75, 3.05) is 53.5 Å². The lowest BCUT2D eigenvalue weighted by Crippen LogP contribution is -2.42.